The van der Waals surface area contributed by atoms with Crippen LogP contribution in [0.2, 0.25) is 10.0 Å². The number of hydrogen-bond donors (Lipinski definition) is 1. The van der Waals surface area contributed by atoms with Gasteiger partial charge in [-0.3, -0.25) is 0 Å². The van der Waals surface area contributed by atoms with Gasteiger partial charge in [0, 0.05) is 16.8 Å². The maximum absolute atomic E-state index is 9.56. The molecule has 0 aromatic heterocycles. The summed E-state index contributed by atoms with van der Waals surface area (Å²) in [6.07, 6.45) is 0. The van der Waals surface area contributed by atoms with Crippen LogP contribution in [-0.4, -0.2) is 11.5 Å². The molecule has 0 saturated carbocycles. The minimum absolute atomic E-state index is 0.191. The highest BCUT2D eigenvalue weighted by Crippen LogP contribution is 2.46. The molecule has 1 atom stereocenters. The Hall–Kier alpha value is 0.130. The Morgan fingerprint density at radius 1 is 1.44 bits per heavy atom. The molecule has 90 valence electrons. The summed E-state index contributed by atoms with van der Waals surface area (Å²) in [5.41, 5.74) is 0. The van der Waals surface area contributed by atoms with Crippen molar-refractivity contribution in [3.8, 4) is 5.75 Å². The Morgan fingerprint density at radius 2 is 2.12 bits per heavy atom. The fourth-order valence-electron chi connectivity index (χ4n) is 0.808. The van der Waals surface area contributed by atoms with E-state index >= 15 is 0 Å². The molecule has 0 aliphatic rings. The minimum atomic E-state index is -3.49. The highest BCUT2D eigenvalue weighted by atomic mass is 35.5. The van der Waals surface area contributed by atoms with Gasteiger partial charge in [-0.15, -0.1) is 4.67 Å². The first-order chi connectivity index (χ1) is 7.44. The van der Waals surface area contributed by atoms with Gasteiger partial charge in [0.2, 0.25) is 0 Å². The molecule has 1 rings (SSSR count). The van der Waals surface area contributed by atoms with E-state index in [-0.39, 0.29) is 17.4 Å². The molecule has 0 aliphatic carbocycles. The zero-order chi connectivity index (χ0) is 12.2. The second-order valence-electron chi connectivity index (χ2n) is 2.62. The normalized spacial score (nSPS) is 14.5. The highest BCUT2D eigenvalue weighted by molar-refractivity contribution is 8.07. The summed E-state index contributed by atoms with van der Waals surface area (Å²) in [4.78, 5) is 14.1. The van der Waals surface area contributed by atoms with Gasteiger partial charge in [0.15, 0.2) is 0 Å². The summed E-state index contributed by atoms with van der Waals surface area (Å²) >= 11 is 16.2. The van der Waals surface area contributed by atoms with Gasteiger partial charge in [0.1, 0.15) is 5.75 Å². The van der Waals surface area contributed by atoms with Crippen molar-refractivity contribution in [3.63, 3.8) is 0 Å². The SMILES string of the molecule is CCOOP(O)(=S)Oc1ccc(Cl)cc1Cl. The molecule has 0 heterocycles. The lowest BCUT2D eigenvalue weighted by Crippen LogP contribution is -1.98. The van der Waals surface area contributed by atoms with E-state index in [9.17, 15) is 4.89 Å². The van der Waals surface area contributed by atoms with Gasteiger partial charge in [-0.05, 0) is 25.1 Å². The number of halogens is 2. The Morgan fingerprint density at radius 3 is 2.69 bits per heavy atom. The fraction of sp³-hybridized carbons (Fsp3) is 0.250. The quantitative estimate of drug-likeness (QED) is 0.512. The second-order valence-corrected chi connectivity index (χ2v) is 6.11. The van der Waals surface area contributed by atoms with E-state index in [1.54, 1.807) is 13.0 Å². The van der Waals surface area contributed by atoms with Crippen LogP contribution in [0, 0.1) is 0 Å². The van der Waals surface area contributed by atoms with Crippen molar-refractivity contribution in [3.05, 3.63) is 28.2 Å². The van der Waals surface area contributed by atoms with Crippen LogP contribution >= 0.6 is 29.9 Å². The van der Waals surface area contributed by atoms with Crippen LogP contribution in [0.4, 0.5) is 0 Å². The van der Waals surface area contributed by atoms with E-state index in [1.807, 2.05) is 0 Å². The Kier molecular flexibility index (Phi) is 5.47. The van der Waals surface area contributed by atoms with Gasteiger partial charge in [0.05, 0.1) is 11.6 Å². The van der Waals surface area contributed by atoms with Crippen LogP contribution in [0.15, 0.2) is 18.2 Å². The van der Waals surface area contributed by atoms with Crippen LogP contribution in [-0.2, 0) is 21.4 Å². The number of benzene rings is 1. The topological polar surface area (TPSA) is 47.9 Å². The summed E-state index contributed by atoms with van der Waals surface area (Å²) in [6, 6.07) is 4.50. The predicted octanol–water partition coefficient (Wildman–Crippen LogP) is 3.56. The lowest BCUT2D eigenvalue weighted by atomic mass is 10.3. The first-order valence-corrected chi connectivity index (χ1v) is 7.58. The molecule has 1 N–H and O–H groups in total. The van der Waals surface area contributed by atoms with Gasteiger partial charge >= 0.3 is 6.72 Å². The monoisotopic (exact) mass is 302 g/mol. The summed E-state index contributed by atoms with van der Waals surface area (Å²) < 4.78 is 9.57. The Balaban J connectivity index is 2.76. The molecule has 1 aromatic rings. The zero-order valence-electron chi connectivity index (χ0n) is 8.22. The van der Waals surface area contributed by atoms with Crippen LogP contribution in [0.3, 0.4) is 0 Å². The van der Waals surface area contributed by atoms with E-state index in [4.69, 9.17) is 27.7 Å². The van der Waals surface area contributed by atoms with E-state index < -0.39 is 6.72 Å². The largest absolute Gasteiger partial charge is 0.421 e. The molecule has 0 radical (unpaired) electrons. The molecule has 0 fully saturated rings. The van der Waals surface area contributed by atoms with Crippen molar-refractivity contribution < 1.29 is 19.0 Å². The van der Waals surface area contributed by atoms with Gasteiger partial charge in [-0.2, -0.15) is 0 Å². The molecular weight excluding hydrogens is 294 g/mol. The van der Waals surface area contributed by atoms with Gasteiger partial charge < -0.3 is 9.42 Å². The van der Waals surface area contributed by atoms with Gasteiger partial charge in [-0.1, -0.05) is 23.2 Å². The zero-order valence-corrected chi connectivity index (χ0v) is 11.4. The van der Waals surface area contributed by atoms with Crippen molar-refractivity contribution >= 4 is 41.7 Å². The predicted molar refractivity (Wildman–Crippen MR) is 66.3 cm³/mol. The maximum Gasteiger partial charge on any atom is 0.405 e. The first kappa shape index (κ1) is 14.2. The maximum atomic E-state index is 9.56. The molecule has 0 spiro atoms. The Bertz CT molecular complexity index is 415. The van der Waals surface area contributed by atoms with E-state index in [1.165, 1.54) is 12.1 Å². The lowest BCUT2D eigenvalue weighted by molar-refractivity contribution is -0.208. The van der Waals surface area contributed by atoms with Crippen molar-refractivity contribution in [1.29, 1.82) is 0 Å². The average Bonchev–Trinajstić information content (AvgIpc) is 2.19. The molecule has 16 heavy (non-hydrogen) atoms. The van der Waals surface area contributed by atoms with Gasteiger partial charge in [0.25, 0.3) is 0 Å². The van der Waals surface area contributed by atoms with Crippen LogP contribution in [0.1, 0.15) is 6.92 Å². The smallest absolute Gasteiger partial charge is 0.405 e. The van der Waals surface area contributed by atoms with Crippen LogP contribution < -0.4 is 4.52 Å². The van der Waals surface area contributed by atoms with E-state index in [2.05, 4.69) is 21.4 Å². The molecule has 0 bridgehead atoms. The molecule has 1 aromatic carbocycles. The van der Waals surface area contributed by atoms with E-state index in [0.29, 0.717) is 5.02 Å². The summed E-state index contributed by atoms with van der Waals surface area (Å²) in [6.45, 7) is -1.56. The molecule has 0 saturated heterocycles. The molecule has 4 nitrogen and oxygen atoms in total. The Labute approximate surface area is 108 Å². The van der Waals surface area contributed by atoms with Crippen molar-refractivity contribution in [2.75, 3.05) is 6.61 Å². The van der Waals surface area contributed by atoms with Crippen LogP contribution in [0.5, 0.6) is 5.75 Å². The number of hydrogen-bond acceptors (Lipinski definition) is 4. The third-order valence-electron chi connectivity index (χ3n) is 1.37. The summed E-state index contributed by atoms with van der Waals surface area (Å²) in [5.74, 6) is 0.191. The second kappa shape index (κ2) is 6.17. The van der Waals surface area contributed by atoms with Crippen molar-refractivity contribution in [2.45, 2.75) is 6.92 Å². The molecule has 0 amide bonds. The molecular formula is C8H9Cl2O4PS. The fourth-order valence-corrected chi connectivity index (χ4v) is 2.36. The summed E-state index contributed by atoms with van der Waals surface area (Å²) in [7, 11) is 0. The van der Waals surface area contributed by atoms with Crippen LogP contribution in [0.25, 0.3) is 0 Å². The number of rotatable bonds is 5. The third-order valence-corrected chi connectivity index (χ3v) is 3.03. The molecule has 1 unspecified atom stereocenters. The average molecular weight is 303 g/mol. The summed E-state index contributed by atoms with van der Waals surface area (Å²) in [5, 5.41) is 0.685. The third kappa shape index (κ3) is 4.55. The molecule has 0 aliphatic heterocycles. The van der Waals surface area contributed by atoms with Crippen molar-refractivity contribution in [2.24, 2.45) is 0 Å². The van der Waals surface area contributed by atoms with Crippen molar-refractivity contribution in [1.82, 2.24) is 0 Å². The van der Waals surface area contributed by atoms with Gasteiger partial charge in [-0.25, -0.2) is 4.89 Å². The molecule has 8 heteroatoms. The first-order valence-electron chi connectivity index (χ1n) is 4.23. The van der Waals surface area contributed by atoms with E-state index in [0.717, 1.165) is 0 Å². The standard InChI is InChI=1S/C8H9Cl2O4PS/c1-2-12-14-15(11,16)13-8-4-3-6(9)5-7(8)10/h3-5H,2H2,1H3,(H,11,16). The highest BCUT2D eigenvalue weighted by Gasteiger charge is 2.19. The minimum Gasteiger partial charge on any atom is -0.421 e. The lowest BCUT2D eigenvalue weighted by Gasteiger charge is -2.15.